The highest BCUT2D eigenvalue weighted by Crippen LogP contribution is 2.34. The molecule has 0 saturated carbocycles. The van der Waals surface area contributed by atoms with Gasteiger partial charge in [-0.15, -0.1) is 6.58 Å². The number of rotatable bonds is 5. The summed E-state index contributed by atoms with van der Waals surface area (Å²) in [5.41, 5.74) is 0.912. The molecule has 0 aliphatic carbocycles. The highest BCUT2D eigenvalue weighted by molar-refractivity contribution is 6.74. The SMILES string of the molecule is C=C(C)C[Si]1(CC(F)C(F)F)CCCCO1. The summed E-state index contributed by atoms with van der Waals surface area (Å²) in [6.07, 6.45) is -3.00. The molecule has 0 aromatic carbocycles. The molecule has 16 heavy (non-hydrogen) atoms. The zero-order valence-electron chi connectivity index (χ0n) is 9.65. The fraction of sp³-hybridized carbons (Fsp3) is 0.818. The first-order valence-electron chi connectivity index (χ1n) is 5.66. The van der Waals surface area contributed by atoms with E-state index in [1.54, 1.807) is 0 Å². The molecule has 0 bridgehead atoms. The zero-order chi connectivity index (χ0) is 12.2. The maximum Gasteiger partial charge on any atom is 0.269 e. The van der Waals surface area contributed by atoms with Gasteiger partial charge < -0.3 is 4.43 Å². The molecule has 0 aromatic heterocycles. The quantitative estimate of drug-likeness (QED) is 0.532. The zero-order valence-corrected chi connectivity index (χ0v) is 10.6. The van der Waals surface area contributed by atoms with Crippen molar-refractivity contribution < 1.29 is 17.6 Å². The van der Waals surface area contributed by atoms with Crippen LogP contribution in [0.5, 0.6) is 0 Å². The largest absolute Gasteiger partial charge is 0.416 e. The van der Waals surface area contributed by atoms with Crippen LogP contribution < -0.4 is 0 Å². The van der Waals surface area contributed by atoms with Gasteiger partial charge in [0.2, 0.25) is 0 Å². The maximum absolute atomic E-state index is 13.2. The molecule has 94 valence electrons. The molecule has 1 heterocycles. The fourth-order valence-electron chi connectivity index (χ4n) is 2.28. The Kier molecular flexibility index (Phi) is 5.05. The smallest absolute Gasteiger partial charge is 0.269 e. The number of allylic oxidation sites excluding steroid dienone is 1. The van der Waals surface area contributed by atoms with E-state index < -0.39 is 20.9 Å². The molecule has 1 nitrogen and oxygen atoms in total. The van der Waals surface area contributed by atoms with E-state index >= 15 is 0 Å². The summed E-state index contributed by atoms with van der Waals surface area (Å²) in [7, 11) is -2.33. The lowest BCUT2D eigenvalue weighted by atomic mass is 10.4. The van der Waals surface area contributed by atoms with E-state index in [1.807, 2.05) is 6.92 Å². The average Bonchev–Trinajstić information content (AvgIpc) is 2.17. The molecule has 2 unspecified atom stereocenters. The Balaban J connectivity index is 2.65. The Bertz CT molecular complexity index is 239. The van der Waals surface area contributed by atoms with E-state index in [2.05, 4.69) is 6.58 Å². The van der Waals surface area contributed by atoms with E-state index in [1.165, 1.54) is 0 Å². The van der Waals surface area contributed by atoms with Crippen molar-refractivity contribution in [3.63, 3.8) is 0 Å². The van der Waals surface area contributed by atoms with E-state index in [9.17, 15) is 13.2 Å². The van der Waals surface area contributed by atoms with Crippen molar-refractivity contribution in [2.24, 2.45) is 0 Å². The fourth-order valence-corrected chi connectivity index (χ4v) is 6.63. The molecule has 1 saturated heterocycles. The molecule has 0 spiro atoms. The third kappa shape index (κ3) is 3.94. The molecule has 2 atom stereocenters. The standard InChI is InChI=1S/C11H19F3OSi/c1-9(2)7-16(6-4-3-5-15-16)8-10(12)11(13)14/h10-11H,1,3-8H2,2H3. The van der Waals surface area contributed by atoms with Crippen LogP contribution in [-0.2, 0) is 4.43 Å². The van der Waals surface area contributed by atoms with Gasteiger partial charge in [0, 0.05) is 12.7 Å². The predicted molar refractivity (Wildman–Crippen MR) is 61.1 cm³/mol. The van der Waals surface area contributed by atoms with Gasteiger partial charge >= 0.3 is 0 Å². The molecule has 1 aliphatic rings. The van der Waals surface area contributed by atoms with Crippen LogP contribution in [0.4, 0.5) is 13.2 Å². The van der Waals surface area contributed by atoms with Crippen LogP contribution >= 0.6 is 0 Å². The van der Waals surface area contributed by atoms with Crippen molar-refractivity contribution >= 4 is 8.32 Å². The van der Waals surface area contributed by atoms with Gasteiger partial charge in [-0.3, -0.25) is 0 Å². The van der Waals surface area contributed by atoms with Crippen molar-refractivity contribution in [2.75, 3.05) is 6.61 Å². The van der Waals surface area contributed by atoms with Gasteiger partial charge in [0.05, 0.1) is 0 Å². The van der Waals surface area contributed by atoms with Crippen LogP contribution in [0.3, 0.4) is 0 Å². The Morgan fingerprint density at radius 1 is 1.38 bits per heavy atom. The number of alkyl halides is 3. The van der Waals surface area contributed by atoms with E-state index in [-0.39, 0.29) is 6.04 Å². The van der Waals surface area contributed by atoms with E-state index in [0.717, 1.165) is 24.5 Å². The van der Waals surface area contributed by atoms with Gasteiger partial charge in [0.25, 0.3) is 6.43 Å². The average molecular weight is 252 g/mol. The Morgan fingerprint density at radius 3 is 2.50 bits per heavy atom. The van der Waals surface area contributed by atoms with Crippen molar-refractivity contribution in [3.05, 3.63) is 12.2 Å². The molecule has 1 rings (SSSR count). The van der Waals surface area contributed by atoms with E-state index in [0.29, 0.717) is 12.7 Å². The Labute approximate surface area is 95.8 Å². The topological polar surface area (TPSA) is 9.23 Å². The van der Waals surface area contributed by atoms with Crippen LogP contribution in [0, 0.1) is 0 Å². The van der Waals surface area contributed by atoms with Gasteiger partial charge in [0.15, 0.2) is 14.5 Å². The van der Waals surface area contributed by atoms with Crippen molar-refractivity contribution in [3.8, 4) is 0 Å². The molecule has 1 fully saturated rings. The summed E-state index contributed by atoms with van der Waals surface area (Å²) in [5.74, 6) is 0. The monoisotopic (exact) mass is 252 g/mol. The lowest BCUT2D eigenvalue weighted by Gasteiger charge is -2.36. The first-order chi connectivity index (χ1) is 7.45. The van der Waals surface area contributed by atoms with Crippen molar-refractivity contribution in [1.82, 2.24) is 0 Å². The second kappa shape index (κ2) is 5.86. The molecular formula is C11H19F3OSi. The van der Waals surface area contributed by atoms with Crippen LogP contribution in [0.25, 0.3) is 0 Å². The Morgan fingerprint density at radius 2 is 2.06 bits per heavy atom. The van der Waals surface area contributed by atoms with Crippen molar-refractivity contribution in [1.29, 1.82) is 0 Å². The van der Waals surface area contributed by atoms with Crippen LogP contribution in [0.1, 0.15) is 19.8 Å². The number of halogens is 3. The van der Waals surface area contributed by atoms with Crippen LogP contribution in [0.15, 0.2) is 12.2 Å². The molecule has 0 radical (unpaired) electrons. The summed E-state index contributed by atoms with van der Waals surface area (Å²) in [5, 5.41) is 0. The van der Waals surface area contributed by atoms with Crippen LogP contribution in [0.2, 0.25) is 18.1 Å². The summed E-state index contributed by atoms with van der Waals surface area (Å²) < 4.78 is 43.4. The van der Waals surface area contributed by atoms with Gasteiger partial charge in [0.1, 0.15) is 0 Å². The molecule has 0 amide bonds. The normalized spacial score (nSPS) is 28.1. The lowest BCUT2D eigenvalue weighted by Crippen LogP contribution is -2.44. The second-order valence-electron chi connectivity index (χ2n) is 4.68. The molecule has 5 heteroatoms. The summed E-state index contributed by atoms with van der Waals surface area (Å²) in [6.45, 7) is 6.23. The highest BCUT2D eigenvalue weighted by Gasteiger charge is 2.41. The molecule has 1 aliphatic heterocycles. The third-order valence-electron chi connectivity index (χ3n) is 2.90. The number of hydrogen-bond donors (Lipinski definition) is 0. The lowest BCUT2D eigenvalue weighted by molar-refractivity contribution is 0.0562. The third-order valence-corrected chi connectivity index (χ3v) is 7.36. The molecule has 0 N–H and O–H groups in total. The van der Waals surface area contributed by atoms with Gasteiger partial charge in [-0.05, 0) is 25.4 Å². The van der Waals surface area contributed by atoms with E-state index in [4.69, 9.17) is 4.43 Å². The minimum atomic E-state index is -2.89. The first-order valence-corrected chi connectivity index (χ1v) is 8.19. The first kappa shape index (κ1) is 13.8. The minimum absolute atomic E-state index is 0.0858. The molecule has 0 aromatic rings. The summed E-state index contributed by atoms with van der Waals surface area (Å²) >= 11 is 0. The second-order valence-corrected chi connectivity index (χ2v) is 8.59. The summed E-state index contributed by atoms with van der Waals surface area (Å²) in [4.78, 5) is 0. The Hall–Kier alpha value is -0.293. The van der Waals surface area contributed by atoms with Gasteiger partial charge in [-0.25, -0.2) is 13.2 Å². The summed E-state index contributed by atoms with van der Waals surface area (Å²) in [6, 6.07) is 1.31. The van der Waals surface area contributed by atoms with Crippen LogP contribution in [-0.4, -0.2) is 27.5 Å². The maximum atomic E-state index is 13.2. The van der Waals surface area contributed by atoms with Gasteiger partial charge in [-0.1, -0.05) is 12.0 Å². The minimum Gasteiger partial charge on any atom is -0.416 e. The van der Waals surface area contributed by atoms with Crippen molar-refractivity contribution in [2.45, 2.75) is 50.5 Å². The predicted octanol–water partition coefficient (Wildman–Crippen LogP) is 3.92. The highest BCUT2D eigenvalue weighted by atomic mass is 28.4. The van der Waals surface area contributed by atoms with Gasteiger partial charge in [-0.2, -0.15) is 0 Å². The number of hydrogen-bond acceptors (Lipinski definition) is 1. The molecular weight excluding hydrogens is 233 g/mol.